The third-order valence-electron chi connectivity index (χ3n) is 5.01. The molecule has 0 radical (unpaired) electrons. The number of hydrogen-bond acceptors (Lipinski definition) is 4. The van der Waals surface area contributed by atoms with Crippen molar-refractivity contribution in [1.82, 2.24) is 19.6 Å². The Kier molecular flexibility index (Phi) is 4.93. The fourth-order valence-corrected chi connectivity index (χ4v) is 3.85. The molecule has 3 heterocycles. The molecule has 1 aromatic heterocycles. The number of nitrogens with zero attached hydrogens (tertiary/aromatic N) is 4. The number of likely N-dealkylation sites (tertiary alicyclic amines) is 2. The van der Waals surface area contributed by atoms with Gasteiger partial charge in [-0.1, -0.05) is 6.92 Å². The molecule has 0 aliphatic carbocycles. The van der Waals surface area contributed by atoms with E-state index in [1.54, 1.807) is 0 Å². The summed E-state index contributed by atoms with van der Waals surface area (Å²) in [6, 6.07) is 1.08. The largest absolute Gasteiger partial charge is 0.329 e. The quantitative estimate of drug-likeness (QED) is 0.862. The van der Waals surface area contributed by atoms with Gasteiger partial charge in [0.05, 0.1) is 12.2 Å². The van der Waals surface area contributed by atoms with E-state index in [4.69, 9.17) is 5.73 Å². The lowest BCUT2D eigenvalue weighted by molar-refractivity contribution is 0.203. The molecule has 2 atom stereocenters. The Labute approximate surface area is 128 Å². The molecule has 0 amide bonds. The fraction of sp³-hybridized carbons (Fsp3) is 0.812. The van der Waals surface area contributed by atoms with Crippen molar-refractivity contribution in [2.75, 3.05) is 32.7 Å². The number of aryl methyl sites for hydroxylation is 1. The van der Waals surface area contributed by atoms with Crippen LogP contribution in [0.3, 0.4) is 0 Å². The molecule has 0 saturated carbocycles. The highest BCUT2D eigenvalue weighted by atomic mass is 15.3. The Morgan fingerprint density at radius 1 is 1.33 bits per heavy atom. The Bertz CT molecular complexity index is 438. The molecule has 2 aliphatic heterocycles. The van der Waals surface area contributed by atoms with E-state index in [2.05, 4.69) is 28.0 Å². The van der Waals surface area contributed by atoms with Gasteiger partial charge in [-0.15, -0.1) is 0 Å². The zero-order valence-electron chi connectivity index (χ0n) is 13.2. The minimum atomic E-state index is 0.336. The van der Waals surface area contributed by atoms with Crippen molar-refractivity contribution in [3.8, 4) is 0 Å². The smallest absolute Gasteiger partial charge is 0.0538 e. The van der Waals surface area contributed by atoms with Crippen molar-refractivity contribution in [2.45, 2.75) is 51.2 Å². The van der Waals surface area contributed by atoms with Gasteiger partial charge in [-0.2, -0.15) is 5.10 Å². The molecule has 5 heteroatoms. The summed E-state index contributed by atoms with van der Waals surface area (Å²) in [6.07, 6.45) is 9.36. The van der Waals surface area contributed by atoms with Crippen molar-refractivity contribution in [3.63, 3.8) is 0 Å². The summed E-state index contributed by atoms with van der Waals surface area (Å²) in [5.74, 6) is 0. The number of nitrogens with two attached hydrogens (primary N) is 1. The van der Waals surface area contributed by atoms with E-state index in [0.717, 1.165) is 19.0 Å². The lowest BCUT2D eigenvalue weighted by Crippen LogP contribution is -2.37. The van der Waals surface area contributed by atoms with Crippen LogP contribution in [0.25, 0.3) is 0 Å². The van der Waals surface area contributed by atoms with E-state index < -0.39 is 0 Å². The summed E-state index contributed by atoms with van der Waals surface area (Å²) in [4.78, 5) is 5.24. The molecule has 0 aromatic carbocycles. The predicted molar refractivity (Wildman–Crippen MR) is 85.1 cm³/mol. The van der Waals surface area contributed by atoms with Gasteiger partial charge in [0, 0.05) is 44.0 Å². The van der Waals surface area contributed by atoms with Crippen LogP contribution in [0.4, 0.5) is 0 Å². The Morgan fingerprint density at radius 3 is 2.86 bits per heavy atom. The normalized spacial score (nSPS) is 25.7. The Balaban J connectivity index is 1.63. The van der Waals surface area contributed by atoms with Gasteiger partial charge >= 0.3 is 0 Å². The van der Waals surface area contributed by atoms with Crippen LogP contribution in [-0.4, -0.2) is 58.3 Å². The maximum atomic E-state index is 6.07. The van der Waals surface area contributed by atoms with Gasteiger partial charge in [0.25, 0.3) is 0 Å². The van der Waals surface area contributed by atoms with Crippen molar-refractivity contribution in [1.29, 1.82) is 0 Å². The average Bonchev–Trinajstić information content (AvgIpc) is 3.21. The van der Waals surface area contributed by atoms with E-state index in [1.165, 1.54) is 51.0 Å². The molecule has 2 aliphatic rings. The first-order chi connectivity index (χ1) is 10.3. The topological polar surface area (TPSA) is 50.3 Å². The first-order valence-electron chi connectivity index (χ1n) is 8.52. The van der Waals surface area contributed by atoms with Crippen LogP contribution in [0.15, 0.2) is 12.4 Å². The Hall–Kier alpha value is -0.910. The minimum absolute atomic E-state index is 0.336. The Morgan fingerprint density at radius 2 is 2.14 bits per heavy atom. The third-order valence-corrected chi connectivity index (χ3v) is 5.01. The maximum absolute atomic E-state index is 6.07. The van der Waals surface area contributed by atoms with Crippen molar-refractivity contribution in [2.24, 2.45) is 5.73 Å². The molecule has 2 fully saturated rings. The van der Waals surface area contributed by atoms with Gasteiger partial charge in [-0.05, 0) is 38.8 Å². The fourth-order valence-electron chi connectivity index (χ4n) is 3.85. The second-order valence-corrected chi connectivity index (χ2v) is 6.47. The summed E-state index contributed by atoms with van der Waals surface area (Å²) < 4.78 is 2.05. The molecule has 21 heavy (non-hydrogen) atoms. The molecule has 2 N–H and O–H groups in total. The van der Waals surface area contributed by atoms with Crippen LogP contribution < -0.4 is 5.73 Å². The van der Waals surface area contributed by atoms with Crippen molar-refractivity contribution >= 4 is 0 Å². The third kappa shape index (κ3) is 3.30. The molecule has 0 spiro atoms. The van der Waals surface area contributed by atoms with Crippen LogP contribution >= 0.6 is 0 Å². The van der Waals surface area contributed by atoms with Crippen molar-refractivity contribution in [3.05, 3.63) is 18.0 Å². The summed E-state index contributed by atoms with van der Waals surface area (Å²) in [5, 5.41) is 4.47. The van der Waals surface area contributed by atoms with E-state index in [0.29, 0.717) is 12.6 Å². The highest BCUT2D eigenvalue weighted by Crippen LogP contribution is 2.27. The van der Waals surface area contributed by atoms with E-state index >= 15 is 0 Å². The molecule has 5 nitrogen and oxygen atoms in total. The molecule has 2 saturated heterocycles. The van der Waals surface area contributed by atoms with E-state index in [9.17, 15) is 0 Å². The van der Waals surface area contributed by atoms with E-state index in [-0.39, 0.29) is 0 Å². The standard InChI is InChI=1S/C16H29N5/c1-2-6-21-12-14(11-18-21)16(10-17)20-9-5-15(13-20)19-7-3-4-8-19/h11-12,15-16H,2-10,13,17H2,1H3. The van der Waals surface area contributed by atoms with Gasteiger partial charge in [0.15, 0.2) is 0 Å². The molecular weight excluding hydrogens is 262 g/mol. The molecule has 2 unspecified atom stereocenters. The zero-order chi connectivity index (χ0) is 14.7. The van der Waals surface area contributed by atoms with Gasteiger partial charge < -0.3 is 5.73 Å². The lowest BCUT2D eigenvalue weighted by Gasteiger charge is -2.28. The van der Waals surface area contributed by atoms with Crippen LogP contribution in [0.2, 0.25) is 0 Å². The van der Waals surface area contributed by atoms with Crippen LogP contribution in [0.5, 0.6) is 0 Å². The molecule has 118 valence electrons. The highest BCUT2D eigenvalue weighted by Gasteiger charge is 2.33. The molecule has 3 rings (SSSR count). The van der Waals surface area contributed by atoms with Crippen LogP contribution in [0, 0.1) is 0 Å². The van der Waals surface area contributed by atoms with Gasteiger partial charge in [-0.3, -0.25) is 14.5 Å². The lowest BCUT2D eigenvalue weighted by atomic mass is 10.1. The second-order valence-electron chi connectivity index (χ2n) is 6.47. The monoisotopic (exact) mass is 291 g/mol. The summed E-state index contributed by atoms with van der Waals surface area (Å²) in [5.41, 5.74) is 7.36. The second kappa shape index (κ2) is 6.90. The van der Waals surface area contributed by atoms with E-state index in [1.807, 2.05) is 10.9 Å². The summed E-state index contributed by atoms with van der Waals surface area (Å²) >= 11 is 0. The molecule has 1 aromatic rings. The van der Waals surface area contributed by atoms with Crippen molar-refractivity contribution < 1.29 is 0 Å². The first kappa shape index (κ1) is 15.0. The van der Waals surface area contributed by atoms with Crippen LogP contribution in [0.1, 0.15) is 44.2 Å². The highest BCUT2D eigenvalue weighted by molar-refractivity contribution is 5.12. The van der Waals surface area contributed by atoms with Gasteiger partial charge in [0.2, 0.25) is 0 Å². The average molecular weight is 291 g/mol. The maximum Gasteiger partial charge on any atom is 0.0538 e. The minimum Gasteiger partial charge on any atom is -0.329 e. The number of hydrogen-bond donors (Lipinski definition) is 1. The molecule has 0 bridgehead atoms. The predicted octanol–water partition coefficient (Wildman–Crippen LogP) is 1.46. The summed E-state index contributed by atoms with van der Waals surface area (Å²) in [7, 11) is 0. The SMILES string of the molecule is CCCn1cc(C(CN)N2CCC(N3CCCC3)C2)cn1. The molecular formula is C16H29N5. The first-order valence-corrected chi connectivity index (χ1v) is 8.52. The van der Waals surface area contributed by atoms with Gasteiger partial charge in [-0.25, -0.2) is 0 Å². The number of aromatic nitrogens is 2. The summed E-state index contributed by atoms with van der Waals surface area (Å²) in [6.45, 7) is 8.78. The number of rotatable bonds is 6. The zero-order valence-corrected chi connectivity index (χ0v) is 13.2. The van der Waals surface area contributed by atoms with Crippen LogP contribution in [-0.2, 0) is 6.54 Å². The van der Waals surface area contributed by atoms with Gasteiger partial charge in [0.1, 0.15) is 0 Å².